The summed E-state index contributed by atoms with van der Waals surface area (Å²) in [6.07, 6.45) is 0.990. The van der Waals surface area contributed by atoms with Crippen molar-refractivity contribution in [3.05, 3.63) is 34.9 Å². The molecule has 1 aliphatic heterocycles. The van der Waals surface area contributed by atoms with Crippen LogP contribution >= 0.6 is 0 Å². The Labute approximate surface area is 119 Å². The molecule has 1 aromatic carbocycles. The van der Waals surface area contributed by atoms with Gasteiger partial charge in [-0.25, -0.2) is 8.42 Å². The first-order chi connectivity index (χ1) is 9.33. The lowest BCUT2D eigenvalue weighted by molar-refractivity contribution is -0.140. The molecule has 0 aromatic heterocycles. The first kappa shape index (κ1) is 15.0. The largest absolute Gasteiger partial charge is 0.480 e. The van der Waals surface area contributed by atoms with Gasteiger partial charge in [0, 0.05) is 6.54 Å². The van der Waals surface area contributed by atoms with E-state index in [-0.39, 0.29) is 5.75 Å². The SMILES string of the molecule is Cc1cccc(C)c1CS(=O)(=O)N1CCC[C@H]1C(=O)O. The van der Waals surface area contributed by atoms with Crippen molar-refractivity contribution in [1.29, 1.82) is 0 Å². The van der Waals surface area contributed by atoms with E-state index >= 15 is 0 Å². The second-order valence-electron chi connectivity index (χ2n) is 5.23. The molecule has 0 amide bonds. The quantitative estimate of drug-likeness (QED) is 0.917. The van der Waals surface area contributed by atoms with E-state index in [1.807, 2.05) is 32.0 Å². The smallest absolute Gasteiger partial charge is 0.322 e. The van der Waals surface area contributed by atoms with Gasteiger partial charge in [-0.3, -0.25) is 4.79 Å². The third-order valence-electron chi connectivity index (χ3n) is 3.82. The molecule has 0 saturated carbocycles. The zero-order valence-corrected chi connectivity index (χ0v) is 12.5. The minimum Gasteiger partial charge on any atom is -0.480 e. The number of carboxylic acids is 1. The van der Waals surface area contributed by atoms with Gasteiger partial charge in [-0.15, -0.1) is 0 Å². The van der Waals surface area contributed by atoms with Gasteiger partial charge in [-0.2, -0.15) is 4.31 Å². The molecule has 1 aliphatic rings. The number of sulfonamides is 1. The van der Waals surface area contributed by atoms with Gasteiger partial charge >= 0.3 is 5.97 Å². The van der Waals surface area contributed by atoms with E-state index in [1.54, 1.807) is 0 Å². The number of carboxylic acid groups (broad SMARTS) is 1. The van der Waals surface area contributed by atoms with E-state index < -0.39 is 22.0 Å². The molecule has 20 heavy (non-hydrogen) atoms. The van der Waals surface area contributed by atoms with E-state index in [1.165, 1.54) is 0 Å². The van der Waals surface area contributed by atoms with Gasteiger partial charge in [0.1, 0.15) is 6.04 Å². The monoisotopic (exact) mass is 297 g/mol. The topological polar surface area (TPSA) is 74.7 Å². The van der Waals surface area contributed by atoms with Crippen molar-refractivity contribution in [3.8, 4) is 0 Å². The summed E-state index contributed by atoms with van der Waals surface area (Å²) in [5.74, 6) is -1.19. The molecule has 110 valence electrons. The molecule has 2 rings (SSSR count). The highest BCUT2D eigenvalue weighted by Crippen LogP contribution is 2.25. The number of rotatable bonds is 4. The number of aryl methyl sites for hydroxylation is 2. The Morgan fingerprint density at radius 3 is 2.50 bits per heavy atom. The van der Waals surface area contributed by atoms with Crippen molar-refractivity contribution in [2.75, 3.05) is 6.54 Å². The Balaban J connectivity index is 2.30. The van der Waals surface area contributed by atoms with Crippen LogP contribution in [0.3, 0.4) is 0 Å². The van der Waals surface area contributed by atoms with Crippen LogP contribution in [0.1, 0.15) is 29.5 Å². The van der Waals surface area contributed by atoms with E-state index in [2.05, 4.69) is 0 Å². The number of hydrogen-bond donors (Lipinski definition) is 1. The van der Waals surface area contributed by atoms with E-state index in [9.17, 15) is 13.2 Å². The highest BCUT2D eigenvalue weighted by molar-refractivity contribution is 7.88. The van der Waals surface area contributed by atoms with Gasteiger partial charge in [-0.05, 0) is 43.4 Å². The Morgan fingerprint density at radius 2 is 1.95 bits per heavy atom. The molecule has 1 N–H and O–H groups in total. The number of carbonyl (C=O) groups is 1. The summed E-state index contributed by atoms with van der Waals surface area (Å²) in [5.41, 5.74) is 2.60. The van der Waals surface area contributed by atoms with Crippen LogP contribution in [0.4, 0.5) is 0 Å². The maximum Gasteiger partial charge on any atom is 0.322 e. The minimum absolute atomic E-state index is 0.130. The number of nitrogens with zero attached hydrogens (tertiary/aromatic N) is 1. The van der Waals surface area contributed by atoms with Crippen LogP contribution in [-0.4, -0.2) is 36.4 Å². The second-order valence-corrected chi connectivity index (χ2v) is 7.16. The lowest BCUT2D eigenvalue weighted by atomic mass is 10.1. The van der Waals surface area contributed by atoms with Gasteiger partial charge in [-0.1, -0.05) is 18.2 Å². The maximum atomic E-state index is 12.5. The number of aliphatic carboxylic acids is 1. The summed E-state index contributed by atoms with van der Waals surface area (Å²) in [5, 5.41) is 9.12. The van der Waals surface area contributed by atoms with Crippen molar-refractivity contribution in [3.63, 3.8) is 0 Å². The predicted octanol–water partition coefficient (Wildman–Crippen LogP) is 1.68. The van der Waals surface area contributed by atoms with Crippen LogP contribution in [0.2, 0.25) is 0 Å². The summed E-state index contributed by atoms with van der Waals surface area (Å²) < 4.78 is 26.1. The first-order valence-electron chi connectivity index (χ1n) is 6.60. The molecule has 1 saturated heterocycles. The molecule has 0 bridgehead atoms. The Morgan fingerprint density at radius 1 is 1.35 bits per heavy atom. The zero-order valence-electron chi connectivity index (χ0n) is 11.7. The summed E-state index contributed by atoms with van der Waals surface area (Å²) >= 11 is 0. The predicted molar refractivity (Wildman–Crippen MR) is 75.9 cm³/mol. The molecule has 0 radical (unpaired) electrons. The fraction of sp³-hybridized carbons (Fsp3) is 0.500. The number of benzene rings is 1. The van der Waals surface area contributed by atoms with Crippen molar-refractivity contribution in [1.82, 2.24) is 4.31 Å². The van der Waals surface area contributed by atoms with Crippen molar-refractivity contribution in [2.24, 2.45) is 0 Å². The average Bonchev–Trinajstić information content (AvgIpc) is 2.84. The molecule has 0 spiro atoms. The number of hydrogen-bond acceptors (Lipinski definition) is 3. The summed E-state index contributed by atoms with van der Waals surface area (Å²) in [7, 11) is -3.60. The lowest BCUT2D eigenvalue weighted by Gasteiger charge is -2.22. The molecule has 1 atom stereocenters. The average molecular weight is 297 g/mol. The van der Waals surface area contributed by atoms with Crippen molar-refractivity contribution in [2.45, 2.75) is 38.5 Å². The molecule has 1 aromatic rings. The minimum atomic E-state index is -3.60. The van der Waals surface area contributed by atoms with Crippen LogP contribution < -0.4 is 0 Å². The van der Waals surface area contributed by atoms with Gasteiger partial charge in [0.25, 0.3) is 0 Å². The molecule has 0 aliphatic carbocycles. The maximum absolute atomic E-state index is 12.5. The van der Waals surface area contributed by atoms with Crippen molar-refractivity contribution < 1.29 is 18.3 Å². The Bertz CT molecular complexity index is 604. The first-order valence-corrected chi connectivity index (χ1v) is 8.21. The standard InChI is InChI=1S/C14H19NO4S/c1-10-5-3-6-11(2)12(10)9-20(18,19)15-8-4-7-13(15)14(16)17/h3,5-6,13H,4,7-9H2,1-2H3,(H,16,17)/t13-/m0/s1. The van der Waals surface area contributed by atoms with Crippen molar-refractivity contribution >= 4 is 16.0 Å². The van der Waals surface area contributed by atoms with Gasteiger partial charge < -0.3 is 5.11 Å². The molecular weight excluding hydrogens is 278 g/mol. The summed E-state index contributed by atoms with van der Waals surface area (Å²) in [6, 6.07) is 4.72. The molecule has 6 heteroatoms. The van der Waals surface area contributed by atoms with E-state index in [0.29, 0.717) is 19.4 Å². The summed E-state index contributed by atoms with van der Waals surface area (Å²) in [4.78, 5) is 11.1. The van der Waals surface area contributed by atoms with Crippen LogP contribution in [-0.2, 0) is 20.6 Å². The zero-order chi connectivity index (χ0) is 14.9. The molecule has 5 nitrogen and oxygen atoms in total. The van der Waals surface area contributed by atoms with E-state index in [0.717, 1.165) is 21.0 Å². The van der Waals surface area contributed by atoms with Crippen LogP contribution in [0.25, 0.3) is 0 Å². The Hall–Kier alpha value is -1.40. The molecule has 1 fully saturated rings. The van der Waals surface area contributed by atoms with E-state index in [4.69, 9.17) is 5.11 Å². The van der Waals surface area contributed by atoms with Gasteiger partial charge in [0.05, 0.1) is 5.75 Å². The van der Waals surface area contributed by atoms with Gasteiger partial charge in [0.2, 0.25) is 10.0 Å². The highest BCUT2D eigenvalue weighted by Gasteiger charge is 2.38. The third kappa shape index (κ3) is 2.86. The second kappa shape index (κ2) is 5.54. The Kier molecular flexibility index (Phi) is 4.15. The van der Waals surface area contributed by atoms with Gasteiger partial charge in [0.15, 0.2) is 0 Å². The lowest BCUT2D eigenvalue weighted by Crippen LogP contribution is -2.41. The normalized spacial score (nSPS) is 20.2. The third-order valence-corrected chi connectivity index (χ3v) is 5.62. The summed E-state index contributed by atoms with van der Waals surface area (Å²) in [6.45, 7) is 4.04. The highest BCUT2D eigenvalue weighted by atomic mass is 32.2. The van der Waals surface area contributed by atoms with Crippen LogP contribution in [0.5, 0.6) is 0 Å². The fourth-order valence-electron chi connectivity index (χ4n) is 2.66. The van der Waals surface area contributed by atoms with Crippen LogP contribution in [0.15, 0.2) is 18.2 Å². The van der Waals surface area contributed by atoms with Crippen LogP contribution in [0, 0.1) is 13.8 Å². The molecule has 0 unspecified atom stereocenters. The molecular formula is C14H19NO4S. The molecule has 1 heterocycles. The fourth-order valence-corrected chi connectivity index (χ4v) is 4.64.